The number of rotatable bonds is 2. The zero-order valence-corrected chi connectivity index (χ0v) is 8.16. The first-order valence-electron chi connectivity index (χ1n) is 4.57. The number of nitrogens with zero attached hydrogens (tertiary/aromatic N) is 2. The number of benzene rings is 1. The summed E-state index contributed by atoms with van der Waals surface area (Å²) in [6, 6.07) is 3.63. The quantitative estimate of drug-likeness (QED) is 0.733. The third-order valence-electron chi connectivity index (χ3n) is 2.36. The van der Waals surface area contributed by atoms with Crippen LogP contribution in [0.1, 0.15) is 29.3 Å². The fraction of sp³-hybridized carbons (Fsp3) is 0.300. The fourth-order valence-electron chi connectivity index (χ4n) is 1.54. The summed E-state index contributed by atoms with van der Waals surface area (Å²) >= 11 is 0. The molecule has 1 heterocycles. The van der Waals surface area contributed by atoms with Crippen molar-refractivity contribution in [3.05, 3.63) is 23.3 Å². The predicted molar refractivity (Wildman–Crippen MR) is 53.2 cm³/mol. The number of aryl methyl sites for hydroxylation is 1. The molecule has 1 aromatic heterocycles. The molecule has 14 heavy (non-hydrogen) atoms. The summed E-state index contributed by atoms with van der Waals surface area (Å²) < 4.78 is 0. The van der Waals surface area contributed by atoms with Crippen molar-refractivity contribution in [2.45, 2.75) is 20.3 Å². The predicted octanol–water partition coefficient (Wildman–Crippen LogP) is 1.86. The van der Waals surface area contributed by atoms with Crippen LogP contribution in [0.3, 0.4) is 0 Å². The SMILES string of the molecule is CCC(=O)c1ccc2n[nH]nc2c1C. The van der Waals surface area contributed by atoms with Gasteiger partial charge in [0.05, 0.1) is 0 Å². The Balaban J connectivity index is 2.67. The second-order valence-corrected chi connectivity index (χ2v) is 3.21. The first kappa shape index (κ1) is 8.87. The number of Topliss-reactive ketones (excluding diaryl/α,β-unsaturated/α-hetero) is 1. The van der Waals surface area contributed by atoms with Gasteiger partial charge in [-0.2, -0.15) is 15.4 Å². The van der Waals surface area contributed by atoms with E-state index in [-0.39, 0.29) is 5.78 Å². The van der Waals surface area contributed by atoms with Gasteiger partial charge < -0.3 is 0 Å². The highest BCUT2D eigenvalue weighted by Gasteiger charge is 2.11. The first-order chi connectivity index (χ1) is 6.74. The Morgan fingerprint density at radius 1 is 1.43 bits per heavy atom. The molecule has 0 spiro atoms. The summed E-state index contributed by atoms with van der Waals surface area (Å²) in [5.41, 5.74) is 3.23. The van der Waals surface area contributed by atoms with Crippen molar-refractivity contribution < 1.29 is 4.79 Å². The van der Waals surface area contributed by atoms with Crippen molar-refractivity contribution in [2.24, 2.45) is 0 Å². The molecule has 0 atom stereocenters. The number of H-pyrrole nitrogens is 1. The van der Waals surface area contributed by atoms with Gasteiger partial charge in [-0.3, -0.25) is 4.79 Å². The Labute approximate surface area is 81.3 Å². The summed E-state index contributed by atoms with van der Waals surface area (Å²) in [7, 11) is 0. The van der Waals surface area contributed by atoms with Crippen LogP contribution < -0.4 is 0 Å². The summed E-state index contributed by atoms with van der Waals surface area (Å²) in [4.78, 5) is 11.5. The number of hydrogen-bond acceptors (Lipinski definition) is 3. The van der Waals surface area contributed by atoms with E-state index in [2.05, 4.69) is 15.4 Å². The van der Waals surface area contributed by atoms with Crippen molar-refractivity contribution in [3.8, 4) is 0 Å². The smallest absolute Gasteiger partial charge is 0.162 e. The van der Waals surface area contributed by atoms with E-state index in [0.717, 1.165) is 22.2 Å². The van der Waals surface area contributed by atoms with Crippen molar-refractivity contribution in [2.75, 3.05) is 0 Å². The van der Waals surface area contributed by atoms with Crippen LogP contribution >= 0.6 is 0 Å². The summed E-state index contributed by atoms with van der Waals surface area (Å²) in [6.45, 7) is 3.75. The van der Waals surface area contributed by atoms with E-state index >= 15 is 0 Å². The third kappa shape index (κ3) is 1.19. The van der Waals surface area contributed by atoms with Gasteiger partial charge in [0.2, 0.25) is 0 Å². The average molecular weight is 189 g/mol. The van der Waals surface area contributed by atoms with Gasteiger partial charge in [0, 0.05) is 12.0 Å². The minimum absolute atomic E-state index is 0.146. The van der Waals surface area contributed by atoms with E-state index < -0.39 is 0 Å². The summed E-state index contributed by atoms with van der Waals surface area (Å²) in [5, 5.41) is 10.5. The fourth-order valence-corrected chi connectivity index (χ4v) is 1.54. The molecule has 1 N–H and O–H groups in total. The van der Waals surface area contributed by atoms with Crippen LogP contribution in [0.15, 0.2) is 12.1 Å². The lowest BCUT2D eigenvalue weighted by molar-refractivity contribution is 0.0987. The molecule has 4 nitrogen and oxygen atoms in total. The molecule has 0 fully saturated rings. The van der Waals surface area contributed by atoms with Crippen LogP contribution in [0, 0.1) is 6.92 Å². The van der Waals surface area contributed by atoms with Crippen LogP contribution in [-0.2, 0) is 0 Å². The average Bonchev–Trinajstić information content (AvgIpc) is 2.66. The van der Waals surface area contributed by atoms with Crippen molar-refractivity contribution in [3.63, 3.8) is 0 Å². The maximum Gasteiger partial charge on any atom is 0.162 e. The number of hydrogen-bond donors (Lipinski definition) is 1. The molecule has 0 aliphatic carbocycles. The second kappa shape index (κ2) is 3.21. The van der Waals surface area contributed by atoms with Crippen molar-refractivity contribution >= 4 is 16.8 Å². The molecule has 2 aromatic rings. The molecule has 0 aliphatic rings. The van der Waals surface area contributed by atoms with Crippen molar-refractivity contribution in [1.29, 1.82) is 0 Å². The Morgan fingerprint density at radius 2 is 2.21 bits per heavy atom. The van der Waals surface area contributed by atoms with E-state index in [1.807, 2.05) is 26.0 Å². The number of carbonyl (C=O) groups excluding carboxylic acids is 1. The number of carbonyl (C=O) groups is 1. The van der Waals surface area contributed by atoms with Gasteiger partial charge in [-0.1, -0.05) is 6.92 Å². The Hall–Kier alpha value is -1.71. The molecule has 0 aliphatic heterocycles. The normalized spacial score (nSPS) is 10.7. The maximum atomic E-state index is 11.5. The molecule has 0 saturated carbocycles. The molecule has 0 saturated heterocycles. The van der Waals surface area contributed by atoms with Crippen LogP contribution in [0.2, 0.25) is 0 Å². The lowest BCUT2D eigenvalue weighted by Gasteiger charge is -2.02. The molecular weight excluding hydrogens is 178 g/mol. The highest BCUT2D eigenvalue weighted by atomic mass is 16.1. The van der Waals surface area contributed by atoms with Gasteiger partial charge in [0.25, 0.3) is 0 Å². The molecular formula is C10H11N3O. The number of fused-ring (bicyclic) bond motifs is 1. The monoisotopic (exact) mass is 189 g/mol. The van der Waals surface area contributed by atoms with Crippen LogP contribution in [0.4, 0.5) is 0 Å². The van der Waals surface area contributed by atoms with Crippen LogP contribution in [-0.4, -0.2) is 21.2 Å². The second-order valence-electron chi connectivity index (χ2n) is 3.21. The van der Waals surface area contributed by atoms with Crippen molar-refractivity contribution in [1.82, 2.24) is 15.4 Å². The number of nitrogens with one attached hydrogen (secondary N) is 1. The third-order valence-corrected chi connectivity index (χ3v) is 2.36. The molecule has 0 radical (unpaired) electrons. The van der Waals surface area contributed by atoms with E-state index in [1.165, 1.54) is 0 Å². The van der Waals surface area contributed by atoms with E-state index in [4.69, 9.17) is 0 Å². The summed E-state index contributed by atoms with van der Waals surface area (Å²) in [5.74, 6) is 0.146. The zero-order valence-electron chi connectivity index (χ0n) is 8.16. The number of aromatic amines is 1. The Morgan fingerprint density at radius 3 is 2.93 bits per heavy atom. The lowest BCUT2D eigenvalue weighted by Crippen LogP contribution is -1.99. The molecule has 2 rings (SSSR count). The zero-order chi connectivity index (χ0) is 10.1. The highest BCUT2D eigenvalue weighted by molar-refractivity contribution is 6.00. The topological polar surface area (TPSA) is 58.6 Å². The molecule has 0 amide bonds. The number of ketones is 1. The van der Waals surface area contributed by atoms with Gasteiger partial charge in [0.1, 0.15) is 11.0 Å². The minimum Gasteiger partial charge on any atom is -0.294 e. The molecule has 1 aromatic carbocycles. The van der Waals surface area contributed by atoms with Crippen LogP contribution in [0.5, 0.6) is 0 Å². The minimum atomic E-state index is 0.146. The van der Waals surface area contributed by atoms with Gasteiger partial charge in [-0.15, -0.1) is 0 Å². The van der Waals surface area contributed by atoms with E-state index in [0.29, 0.717) is 6.42 Å². The van der Waals surface area contributed by atoms with Crippen LogP contribution in [0.25, 0.3) is 11.0 Å². The van der Waals surface area contributed by atoms with Gasteiger partial charge in [-0.25, -0.2) is 0 Å². The lowest BCUT2D eigenvalue weighted by atomic mass is 10.0. The molecule has 0 unspecified atom stereocenters. The largest absolute Gasteiger partial charge is 0.294 e. The van der Waals surface area contributed by atoms with Gasteiger partial charge in [0.15, 0.2) is 5.78 Å². The highest BCUT2D eigenvalue weighted by Crippen LogP contribution is 2.18. The van der Waals surface area contributed by atoms with E-state index in [9.17, 15) is 4.79 Å². The van der Waals surface area contributed by atoms with E-state index in [1.54, 1.807) is 0 Å². The Kier molecular flexibility index (Phi) is 2.04. The standard InChI is InChI=1S/C10H11N3O/c1-3-9(14)7-4-5-8-10(6(7)2)12-13-11-8/h4-5H,3H2,1-2H3,(H,11,12,13). The number of aromatic nitrogens is 3. The Bertz CT molecular complexity index is 487. The molecule has 0 bridgehead atoms. The van der Waals surface area contributed by atoms with Gasteiger partial charge >= 0.3 is 0 Å². The molecule has 4 heteroatoms. The maximum absolute atomic E-state index is 11.5. The first-order valence-corrected chi connectivity index (χ1v) is 4.57. The summed E-state index contributed by atoms with van der Waals surface area (Å²) in [6.07, 6.45) is 0.518. The van der Waals surface area contributed by atoms with Gasteiger partial charge in [-0.05, 0) is 24.6 Å². The molecule has 72 valence electrons.